The molecule has 1 aromatic carbocycles. The van der Waals surface area contributed by atoms with Crippen molar-refractivity contribution >= 4 is 11.0 Å². The SMILES string of the molecule is COc1ccc2oc(CNC(CO)c3ccco3)cc2c1. The molecule has 3 rings (SSSR count). The highest BCUT2D eigenvalue weighted by atomic mass is 16.5. The van der Waals surface area contributed by atoms with Gasteiger partial charge in [0.15, 0.2) is 0 Å². The van der Waals surface area contributed by atoms with E-state index < -0.39 is 0 Å². The molecule has 0 spiro atoms. The van der Waals surface area contributed by atoms with Crippen LogP contribution in [0.3, 0.4) is 0 Å². The summed E-state index contributed by atoms with van der Waals surface area (Å²) in [5, 5.41) is 13.6. The minimum Gasteiger partial charge on any atom is -0.497 e. The molecule has 110 valence electrons. The lowest BCUT2D eigenvalue weighted by atomic mass is 10.2. The molecule has 0 aliphatic rings. The van der Waals surface area contributed by atoms with E-state index in [1.807, 2.05) is 30.3 Å². The van der Waals surface area contributed by atoms with Crippen LogP contribution in [-0.4, -0.2) is 18.8 Å². The van der Waals surface area contributed by atoms with Crippen molar-refractivity contribution in [1.29, 1.82) is 0 Å². The van der Waals surface area contributed by atoms with Crippen LogP contribution in [-0.2, 0) is 6.54 Å². The van der Waals surface area contributed by atoms with Gasteiger partial charge >= 0.3 is 0 Å². The van der Waals surface area contributed by atoms with Gasteiger partial charge in [-0.2, -0.15) is 0 Å². The zero-order valence-electron chi connectivity index (χ0n) is 11.7. The highest BCUT2D eigenvalue weighted by Gasteiger charge is 2.13. The van der Waals surface area contributed by atoms with E-state index >= 15 is 0 Å². The van der Waals surface area contributed by atoms with Crippen LogP contribution in [0.5, 0.6) is 5.75 Å². The van der Waals surface area contributed by atoms with Crippen LogP contribution in [0.1, 0.15) is 17.6 Å². The Kier molecular flexibility index (Phi) is 3.94. The number of benzene rings is 1. The van der Waals surface area contributed by atoms with Gasteiger partial charge in [0.05, 0.1) is 32.6 Å². The van der Waals surface area contributed by atoms with Crippen LogP contribution in [0.15, 0.2) is 51.5 Å². The number of hydrogen-bond donors (Lipinski definition) is 2. The van der Waals surface area contributed by atoms with Crippen LogP contribution in [0, 0.1) is 0 Å². The van der Waals surface area contributed by atoms with Crippen LogP contribution < -0.4 is 10.1 Å². The first-order valence-electron chi connectivity index (χ1n) is 6.74. The average molecular weight is 287 g/mol. The molecule has 2 heterocycles. The highest BCUT2D eigenvalue weighted by molar-refractivity contribution is 5.79. The summed E-state index contributed by atoms with van der Waals surface area (Å²) >= 11 is 0. The summed E-state index contributed by atoms with van der Waals surface area (Å²) in [6.45, 7) is 0.463. The molecule has 2 N–H and O–H groups in total. The quantitative estimate of drug-likeness (QED) is 0.729. The van der Waals surface area contributed by atoms with E-state index in [-0.39, 0.29) is 12.6 Å². The van der Waals surface area contributed by atoms with Gasteiger partial charge < -0.3 is 18.7 Å². The molecular formula is C16H17NO4. The normalized spacial score (nSPS) is 12.7. The molecule has 0 saturated heterocycles. The smallest absolute Gasteiger partial charge is 0.134 e. The predicted molar refractivity (Wildman–Crippen MR) is 78.1 cm³/mol. The van der Waals surface area contributed by atoms with E-state index in [1.165, 1.54) is 0 Å². The van der Waals surface area contributed by atoms with Crippen molar-refractivity contribution < 1.29 is 18.7 Å². The van der Waals surface area contributed by atoms with Crippen molar-refractivity contribution in [3.8, 4) is 5.75 Å². The number of methoxy groups -OCH3 is 1. The fourth-order valence-electron chi connectivity index (χ4n) is 2.26. The summed E-state index contributed by atoms with van der Waals surface area (Å²) in [6.07, 6.45) is 1.59. The Morgan fingerprint density at radius 2 is 2.19 bits per heavy atom. The molecule has 21 heavy (non-hydrogen) atoms. The molecule has 3 aromatic rings. The standard InChI is InChI=1S/C16H17NO4/c1-19-12-4-5-15-11(7-12)8-13(21-15)9-17-14(10-18)16-3-2-6-20-16/h2-8,14,17-18H,9-10H2,1H3. The molecule has 0 saturated carbocycles. The Hall–Kier alpha value is -2.24. The Morgan fingerprint density at radius 3 is 2.90 bits per heavy atom. The van der Waals surface area contributed by atoms with E-state index in [0.29, 0.717) is 12.3 Å². The number of hydrogen-bond acceptors (Lipinski definition) is 5. The van der Waals surface area contributed by atoms with Crippen molar-refractivity contribution in [2.45, 2.75) is 12.6 Å². The predicted octanol–water partition coefficient (Wildman–Crippen LogP) is 2.86. The van der Waals surface area contributed by atoms with Crippen molar-refractivity contribution in [3.63, 3.8) is 0 Å². The maximum Gasteiger partial charge on any atom is 0.134 e. The van der Waals surface area contributed by atoms with Gasteiger partial charge in [-0.15, -0.1) is 0 Å². The van der Waals surface area contributed by atoms with Gasteiger partial charge in [-0.1, -0.05) is 0 Å². The van der Waals surface area contributed by atoms with Gasteiger partial charge in [-0.3, -0.25) is 5.32 Å². The number of aliphatic hydroxyl groups excluding tert-OH is 1. The van der Waals surface area contributed by atoms with Crippen molar-refractivity contribution in [1.82, 2.24) is 5.32 Å². The second-order valence-electron chi connectivity index (χ2n) is 4.75. The molecule has 1 atom stereocenters. The first kappa shape index (κ1) is 13.7. The largest absolute Gasteiger partial charge is 0.497 e. The summed E-state index contributed by atoms with van der Waals surface area (Å²) < 4.78 is 16.2. The average Bonchev–Trinajstić information content (AvgIpc) is 3.16. The first-order valence-corrected chi connectivity index (χ1v) is 6.74. The third-order valence-corrected chi connectivity index (χ3v) is 3.37. The number of nitrogens with one attached hydrogen (secondary N) is 1. The van der Waals surface area contributed by atoms with E-state index in [0.717, 1.165) is 22.5 Å². The highest BCUT2D eigenvalue weighted by Crippen LogP contribution is 2.24. The molecule has 2 aromatic heterocycles. The Morgan fingerprint density at radius 1 is 1.29 bits per heavy atom. The summed E-state index contributed by atoms with van der Waals surface area (Å²) in [5.41, 5.74) is 0.811. The van der Waals surface area contributed by atoms with Crippen LogP contribution >= 0.6 is 0 Å². The van der Waals surface area contributed by atoms with Gasteiger partial charge in [0, 0.05) is 5.39 Å². The molecule has 0 aliphatic carbocycles. The van der Waals surface area contributed by atoms with Crippen molar-refractivity contribution in [2.75, 3.05) is 13.7 Å². The molecule has 0 fully saturated rings. The molecule has 5 heteroatoms. The van der Waals surface area contributed by atoms with Crippen molar-refractivity contribution in [2.24, 2.45) is 0 Å². The minimum atomic E-state index is -0.247. The molecule has 1 unspecified atom stereocenters. The third kappa shape index (κ3) is 2.94. The van der Waals surface area contributed by atoms with Crippen LogP contribution in [0.4, 0.5) is 0 Å². The number of ether oxygens (including phenoxy) is 1. The van der Waals surface area contributed by atoms with E-state index in [1.54, 1.807) is 19.4 Å². The fraction of sp³-hybridized carbons (Fsp3) is 0.250. The first-order chi connectivity index (χ1) is 10.3. The third-order valence-electron chi connectivity index (χ3n) is 3.37. The molecule has 0 aliphatic heterocycles. The molecular weight excluding hydrogens is 270 g/mol. The fourth-order valence-corrected chi connectivity index (χ4v) is 2.26. The zero-order valence-corrected chi connectivity index (χ0v) is 11.7. The number of fused-ring (bicyclic) bond motifs is 1. The zero-order chi connectivity index (χ0) is 14.7. The van der Waals surface area contributed by atoms with Gasteiger partial charge in [0.2, 0.25) is 0 Å². The molecule has 0 bridgehead atoms. The van der Waals surface area contributed by atoms with E-state index in [2.05, 4.69) is 5.32 Å². The van der Waals surface area contributed by atoms with Gasteiger partial charge in [0.25, 0.3) is 0 Å². The van der Waals surface area contributed by atoms with Crippen molar-refractivity contribution in [3.05, 3.63) is 54.2 Å². The maximum absolute atomic E-state index is 9.41. The Bertz CT molecular complexity index is 702. The summed E-state index contributed by atoms with van der Waals surface area (Å²) in [7, 11) is 1.64. The Balaban J connectivity index is 1.72. The van der Waals surface area contributed by atoms with E-state index in [4.69, 9.17) is 13.6 Å². The minimum absolute atomic E-state index is 0.0401. The second-order valence-corrected chi connectivity index (χ2v) is 4.75. The monoisotopic (exact) mass is 287 g/mol. The van der Waals surface area contributed by atoms with Gasteiger partial charge in [0.1, 0.15) is 22.9 Å². The topological polar surface area (TPSA) is 67.8 Å². The molecule has 0 amide bonds. The number of rotatable bonds is 6. The Labute approximate surface area is 122 Å². The molecule has 0 radical (unpaired) electrons. The lowest BCUT2D eigenvalue weighted by molar-refractivity contribution is 0.223. The lowest BCUT2D eigenvalue weighted by Crippen LogP contribution is -2.23. The number of furan rings is 2. The maximum atomic E-state index is 9.41. The lowest BCUT2D eigenvalue weighted by Gasteiger charge is -2.12. The van der Waals surface area contributed by atoms with Gasteiger partial charge in [-0.25, -0.2) is 0 Å². The molecule has 5 nitrogen and oxygen atoms in total. The number of aliphatic hydroxyl groups is 1. The van der Waals surface area contributed by atoms with E-state index in [9.17, 15) is 5.11 Å². The van der Waals surface area contributed by atoms with Gasteiger partial charge in [-0.05, 0) is 36.4 Å². The summed E-state index contributed by atoms with van der Waals surface area (Å²) in [5.74, 6) is 2.30. The summed E-state index contributed by atoms with van der Waals surface area (Å²) in [6, 6.07) is 11.0. The van der Waals surface area contributed by atoms with Crippen LogP contribution in [0.2, 0.25) is 0 Å². The second kappa shape index (κ2) is 6.03. The summed E-state index contributed by atoms with van der Waals surface area (Å²) in [4.78, 5) is 0. The van der Waals surface area contributed by atoms with Crippen LogP contribution in [0.25, 0.3) is 11.0 Å².